The van der Waals surface area contributed by atoms with Gasteiger partial charge in [-0.05, 0) is 17.3 Å². The van der Waals surface area contributed by atoms with Gasteiger partial charge in [0, 0.05) is 11.5 Å². The van der Waals surface area contributed by atoms with E-state index in [4.69, 9.17) is 17.3 Å². The van der Waals surface area contributed by atoms with Crippen LogP contribution in [0.1, 0.15) is 10.4 Å². The number of carbonyl (C=O) groups excluding carboxylic acids is 1. The lowest BCUT2D eigenvalue weighted by Crippen LogP contribution is -2.14. The standard InChI is InChI=1S/C8H6ClN5OS/c9-5-3-1-2-4(6(5)10)7(15)11-8-12-13-14-16-8/h1-3H,10H2,(H,11,12,14,15). The molecule has 2 aromatic rings. The number of halogens is 1. The number of hydrogen-bond donors (Lipinski definition) is 2. The van der Waals surface area contributed by atoms with Crippen LogP contribution in [0.25, 0.3) is 0 Å². The first-order chi connectivity index (χ1) is 7.68. The largest absolute Gasteiger partial charge is 0.397 e. The summed E-state index contributed by atoms with van der Waals surface area (Å²) in [7, 11) is 0. The van der Waals surface area contributed by atoms with E-state index in [-0.39, 0.29) is 5.69 Å². The fourth-order valence-electron chi connectivity index (χ4n) is 1.08. The molecule has 0 radical (unpaired) electrons. The van der Waals surface area contributed by atoms with E-state index < -0.39 is 5.91 Å². The summed E-state index contributed by atoms with van der Waals surface area (Å²) < 4.78 is 3.52. The maximum atomic E-state index is 11.7. The number of anilines is 2. The van der Waals surface area contributed by atoms with Crippen molar-refractivity contribution in [1.29, 1.82) is 0 Å². The molecule has 3 N–H and O–H groups in total. The van der Waals surface area contributed by atoms with Crippen molar-refractivity contribution in [3.63, 3.8) is 0 Å². The molecule has 8 heteroatoms. The van der Waals surface area contributed by atoms with Crippen molar-refractivity contribution in [3.05, 3.63) is 28.8 Å². The summed E-state index contributed by atoms with van der Waals surface area (Å²) in [5.41, 5.74) is 6.20. The molecule has 0 unspecified atom stereocenters. The summed E-state index contributed by atoms with van der Waals surface area (Å²) in [5, 5.41) is 10.1. The smallest absolute Gasteiger partial charge is 0.259 e. The first kappa shape index (κ1) is 10.8. The summed E-state index contributed by atoms with van der Waals surface area (Å²) in [6.45, 7) is 0. The SMILES string of the molecule is Nc1c(Cl)cccc1C(=O)Nc1nnns1. The molecule has 0 aliphatic carbocycles. The van der Waals surface area contributed by atoms with Crippen molar-refractivity contribution < 1.29 is 4.79 Å². The fraction of sp³-hybridized carbons (Fsp3) is 0. The molecule has 0 bridgehead atoms. The van der Waals surface area contributed by atoms with Crippen molar-refractivity contribution in [2.75, 3.05) is 11.1 Å². The van der Waals surface area contributed by atoms with Gasteiger partial charge in [0.05, 0.1) is 16.3 Å². The molecule has 1 aromatic carbocycles. The second-order valence-electron chi connectivity index (χ2n) is 2.82. The lowest BCUT2D eigenvalue weighted by atomic mass is 10.1. The second kappa shape index (κ2) is 4.42. The summed E-state index contributed by atoms with van der Waals surface area (Å²) in [6, 6.07) is 4.83. The van der Waals surface area contributed by atoms with Gasteiger partial charge in [-0.1, -0.05) is 27.3 Å². The van der Waals surface area contributed by atoms with Crippen LogP contribution in [0.15, 0.2) is 18.2 Å². The summed E-state index contributed by atoms with van der Waals surface area (Å²) in [5.74, 6) is -0.390. The number of rotatable bonds is 2. The number of nitrogens with zero attached hydrogens (tertiary/aromatic N) is 3. The highest BCUT2D eigenvalue weighted by molar-refractivity contribution is 7.09. The minimum absolute atomic E-state index is 0.235. The van der Waals surface area contributed by atoms with Gasteiger partial charge in [-0.3, -0.25) is 10.1 Å². The van der Waals surface area contributed by atoms with Crippen LogP contribution in [-0.4, -0.2) is 20.7 Å². The van der Waals surface area contributed by atoms with Crippen LogP contribution in [0.5, 0.6) is 0 Å². The molecular weight excluding hydrogens is 250 g/mol. The van der Waals surface area contributed by atoms with Crippen molar-refractivity contribution in [2.24, 2.45) is 0 Å². The zero-order valence-corrected chi connectivity index (χ0v) is 9.42. The topological polar surface area (TPSA) is 93.8 Å². The Morgan fingerprint density at radius 2 is 2.31 bits per heavy atom. The second-order valence-corrected chi connectivity index (χ2v) is 3.96. The molecule has 2 rings (SSSR count). The van der Waals surface area contributed by atoms with Crippen LogP contribution >= 0.6 is 23.1 Å². The van der Waals surface area contributed by atoms with E-state index in [9.17, 15) is 4.79 Å². The van der Waals surface area contributed by atoms with Crippen molar-refractivity contribution in [1.82, 2.24) is 14.8 Å². The Morgan fingerprint density at radius 3 is 3.00 bits per heavy atom. The highest BCUT2D eigenvalue weighted by Gasteiger charge is 2.13. The number of aromatic nitrogens is 3. The van der Waals surface area contributed by atoms with E-state index in [0.717, 1.165) is 11.5 Å². The van der Waals surface area contributed by atoms with Gasteiger partial charge in [-0.15, -0.1) is 0 Å². The van der Waals surface area contributed by atoms with Crippen LogP contribution in [0.2, 0.25) is 5.02 Å². The Kier molecular flexibility index (Phi) is 2.97. The molecule has 16 heavy (non-hydrogen) atoms. The quantitative estimate of drug-likeness (QED) is 0.792. The Morgan fingerprint density at radius 1 is 1.50 bits per heavy atom. The Balaban J connectivity index is 2.24. The van der Waals surface area contributed by atoms with E-state index in [1.165, 1.54) is 0 Å². The number of carbonyl (C=O) groups is 1. The first-order valence-electron chi connectivity index (χ1n) is 4.19. The third-order valence-electron chi connectivity index (χ3n) is 1.82. The Labute approximate surface area is 99.6 Å². The van der Waals surface area contributed by atoms with Crippen LogP contribution in [-0.2, 0) is 0 Å². The molecule has 1 amide bonds. The Bertz CT molecular complexity index is 515. The number of para-hydroxylation sites is 1. The van der Waals surface area contributed by atoms with Gasteiger partial charge in [0.2, 0.25) is 5.13 Å². The summed E-state index contributed by atoms with van der Waals surface area (Å²) in [4.78, 5) is 11.7. The van der Waals surface area contributed by atoms with E-state index in [2.05, 4.69) is 20.1 Å². The average Bonchev–Trinajstić information content (AvgIpc) is 2.74. The van der Waals surface area contributed by atoms with Crippen LogP contribution in [0.4, 0.5) is 10.8 Å². The Hall–Kier alpha value is -1.73. The van der Waals surface area contributed by atoms with Gasteiger partial charge in [-0.2, -0.15) is 0 Å². The molecule has 6 nitrogen and oxygen atoms in total. The van der Waals surface area contributed by atoms with Crippen LogP contribution in [0, 0.1) is 0 Å². The highest BCUT2D eigenvalue weighted by atomic mass is 35.5. The normalized spacial score (nSPS) is 10.1. The minimum Gasteiger partial charge on any atom is -0.397 e. The van der Waals surface area contributed by atoms with E-state index in [1.807, 2.05) is 0 Å². The van der Waals surface area contributed by atoms with Gasteiger partial charge in [-0.25, -0.2) is 0 Å². The zero-order valence-electron chi connectivity index (χ0n) is 7.85. The van der Waals surface area contributed by atoms with E-state index in [1.54, 1.807) is 18.2 Å². The minimum atomic E-state index is -0.390. The number of hydrogen-bond acceptors (Lipinski definition) is 6. The van der Waals surface area contributed by atoms with Gasteiger partial charge in [0.15, 0.2) is 0 Å². The van der Waals surface area contributed by atoms with E-state index >= 15 is 0 Å². The third kappa shape index (κ3) is 2.10. The molecule has 1 heterocycles. The van der Waals surface area contributed by atoms with Gasteiger partial charge < -0.3 is 5.73 Å². The lowest BCUT2D eigenvalue weighted by Gasteiger charge is -2.05. The van der Waals surface area contributed by atoms with Gasteiger partial charge in [0.1, 0.15) is 0 Å². The molecule has 0 atom stereocenters. The third-order valence-corrected chi connectivity index (χ3v) is 2.66. The number of nitrogen functional groups attached to an aromatic ring is 1. The number of amides is 1. The monoisotopic (exact) mass is 255 g/mol. The molecule has 82 valence electrons. The predicted octanol–water partition coefficient (Wildman–Crippen LogP) is 1.42. The maximum Gasteiger partial charge on any atom is 0.259 e. The fourth-order valence-corrected chi connectivity index (χ4v) is 1.62. The van der Waals surface area contributed by atoms with Gasteiger partial charge >= 0.3 is 0 Å². The summed E-state index contributed by atoms with van der Waals surface area (Å²) >= 11 is 6.78. The molecular formula is C8H6ClN5OS. The maximum absolute atomic E-state index is 11.7. The molecule has 0 saturated carbocycles. The number of nitrogens with one attached hydrogen (secondary N) is 1. The predicted molar refractivity (Wildman–Crippen MR) is 61.5 cm³/mol. The molecule has 0 fully saturated rings. The molecule has 0 saturated heterocycles. The lowest BCUT2D eigenvalue weighted by molar-refractivity contribution is 0.102. The molecule has 0 spiro atoms. The van der Waals surface area contributed by atoms with Crippen LogP contribution in [0.3, 0.4) is 0 Å². The highest BCUT2D eigenvalue weighted by Crippen LogP contribution is 2.23. The van der Waals surface area contributed by atoms with Crippen molar-refractivity contribution in [3.8, 4) is 0 Å². The summed E-state index contributed by atoms with van der Waals surface area (Å²) in [6.07, 6.45) is 0. The van der Waals surface area contributed by atoms with Crippen molar-refractivity contribution >= 4 is 39.9 Å². The molecule has 0 aliphatic heterocycles. The molecule has 1 aromatic heterocycles. The average molecular weight is 256 g/mol. The molecule has 0 aliphatic rings. The van der Waals surface area contributed by atoms with Crippen molar-refractivity contribution in [2.45, 2.75) is 0 Å². The first-order valence-corrected chi connectivity index (χ1v) is 5.34. The zero-order chi connectivity index (χ0) is 11.5. The van der Waals surface area contributed by atoms with E-state index in [0.29, 0.717) is 15.7 Å². The van der Waals surface area contributed by atoms with Gasteiger partial charge in [0.25, 0.3) is 5.91 Å². The number of benzene rings is 1. The number of nitrogens with two attached hydrogens (primary N) is 1. The van der Waals surface area contributed by atoms with Crippen LogP contribution < -0.4 is 11.1 Å².